The summed E-state index contributed by atoms with van der Waals surface area (Å²) < 4.78 is 5.37. The summed E-state index contributed by atoms with van der Waals surface area (Å²) in [5, 5.41) is 6.95. The van der Waals surface area contributed by atoms with E-state index in [9.17, 15) is 0 Å². The molecule has 0 spiro atoms. The molecule has 0 aromatic rings. The van der Waals surface area contributed by atoms with Crippen LogP contribution in [0.3, 0.4) is 0 Å². The van der Waals surface area contributed by atoms with Gasteiger partial charge in [0.15, 0.2) is 0 Å². The first-order valence-corrected chi connectivity index (χ1v) is 5.49. The fourth-order valence-electron chi connectivity index (χ4n) is 1.52. The Kier molecular flexibility index (Phi) is 3.93. The topological polar surface area (TPSA) is 33.3 Å². The predicted octanol–water partition coefficient (Wildman–Crippen LogP) is 1.14. The summed E-state index contributed by atoms with van der Waals surface area (Å²) in [6.45, 7) is 9.50. The molecular weight excluding hydrogens is 176 g/mol. The minimum Gasteiger partial charge on any atom is -0.381 e. The van der Waals surface area contributed by atoms with E-state index in [1.54, 1.807) is 0 Å². The number of likely N-dealkylation sites (N-methyl/N-ethyl adjacent to an activating group) is 1. The van der Waals surface area contributed by atoms with E-state index in [2.05, 4.69) is 31.4 Å². The highest BCUT2D eigenvalue weighted by molar-refractivity contribution is 4.89. The van der Waals surface area contributed by atoms with E-state index < -0.39 is 0 Å². The largest absolute Gasteiger partial charge is 0.381 e. The molecule has 84 valence electrons. The van der Waals surface area contributed by atoms with Crippen molar-refractivity contribution in [3.63, 3.8) is 0 Å². The molecule has 0 saturated carbocycles. The van der Waals surface area contributed by atoms with Gasteiger partial charge in [-0.3, -0.25) is 0 Å². The molecule has 0 aromatic heterocycles. The summed E-state index contributed by atoms with van der Waals surface area (Å²) in [6, 6.07) is 0. The molecule has 0 aromatic carbocycles. The van der Waals surface area contributed by atoms with Gasteiger partial charge in [0.2, 0.25) is 0 Å². The van der Waals surface area contributed by atoms with E-state index >= 15 is 0 Å². The Labute approximate surface area is 87.6 Å². The van der Waals surface area contributed by atoms with Crippen molar-refractivity contribution < 1.29 is 4.74 Å². The average molecular weight is 200 g/mol. The smallest absolute Gasteiger partial charge is 0.0483 e. The molecule has 14 heavy (non-hydrogen) atoms. The lowest BCUT2D eigenvalue weighted by atomic mass is 9.91. The number of hydrogen-bond donors (Lipinski definition) is 2. The van der Waals surface area contributed by atoms with E-state index in [0.29, 0.717) is 0 Å². The highest BCUT2D eigenvalue weighted by atomic mass is 16.5. The van der Waals surface area contributed by atoms with E-state index in [1.165, 1.54) is 0 Å². The molecule has 1 aliphatic heterocycles. The molecule has 0 bridgehead atoms. The monoisotopic (exact) mass is 200 g/mol. The van der Waals surface area contributed by atoms with Crippen LogP contribution in [-0.4, -0.2) is 37.9 Å². The van der Waals surface area contributed by atoms with Crippen LogP contribution in [0.15, 0.2) is 0 Å². The van der Waals surface area contributed by atoms with Gasteiger partial charge in [-0.25, -0.2) is 0 Å². The molecule has 0 aliphatic carbocycles. The van der Waals surface area contributed by atoms with Crippen molar-refractivity contribution in [2.45, 2.75) is 44.7 Å². The lowest BCUT2D eigenvalue weighted by Crippen LogP contribution is -2.54. The summed E-state index contributed by atoms with van der Waals surface area (Å²) in [4.78, 5) is 0. The summed E-state index contributed by atoms with van der Waals surface area (Å²) in [7, 11) is 2.01. The standard InChI is InChI=1S/C11H24N2O/c1-10(2,12-4)9-13-11(3)5-7-14-8-6-11/h12-13H,5-9H2,1-4H3. The van der Waals surface area contributed by atoms with Gasteiger partial charge in [0.25, 0.3) is 0 Å². The molecule has 0 amide bonds. The Hall–Kier alpha value is -0.120. The van der Waals surface area contributed by atoms with Gasteiger partial charge >= 0.3 is 0 Å². The first-order valence-electron chi connectivity index (χ1n) is 5.49. The third kappa shape index (κ3) is 3.56. The number of hydrogen-bond acceptors (Lipinski definition) is 3. The molecule has 0 radical (unpaired) electrons. The molecule has 3 nitrogen and oxygen atoms in total. The molecule has 0 unspecified atom stereocenters. The average Bonchev–Trinajstić information content (AvgIpc) is 2.17. The van der Waals surface area contributed by atoms with Crippen molar-refractivity contribution in [3.8, 4) is 0 Å². The van der Waals surface area contributed by atoms with Gasteiger partial charge in [-0.05, 0) is 40.7 Å². The third-order valence-corrected chi connectivity index (χ3v) is 3.23. The lowest BCUT2D eigenvalue weighted by molar-refractivity contribution is 0.0429. The zero-order valence-corrected chi connectivity index (χ0v) is 9.94. The maximum absolute atomic E-state index is 5.37. The van der Waals surface area contributed by atoms with E-state index in [1.807, 2.05) is 7.05 Å². The molecular formula is C11H24N2O. The first-order chi connectivity index (χ1) is 6.47. The Morgan fingerprint density at radius 3 is 2.36 bits per heavy atom. The number of ether oxygens (including phenoxy) is 1. The van der Waals surface area contributed by atoms with Crippen molar-refractivity contribution in [3.05, 3.63) is 0 Å². The van der Waals surface area contributed by atoms with Crippen LogP contribution in [0, 0.1) is 0 Å². The Morgan fingerprint density at radius 2 is 1.86 bits per heavy atom. The van der Waals surface area contributed by atoms with E-state index in [0.717, 1.165) is 32.6 Å². The van der Waals surface area contributed by atoms with Crippen LogP contribution < -0.4 is 10.6 Å². The van der Waals surface area contributed by atoms with Gasteiger partial charge in [-0.1, -0.05) is 0 Å². The third-order valence-electron chi connectivity index (χ3n) is 3.23. The van der Waals surface area contributed by atoms with Crippen LogP contribution in [0.5, 0.6) is 0 Å². The molecule has 0 atom stereocenters. The second kappa shape index (κ2) is 4.60. The van der Waals surface area contributed by atoms with Crippen LogP contribution >= 0.6 is 0 Å². The highest BCUT2D eigenvalue weighted by Crippen LogP contribution is 2.20. The predicted molar refractivity (Wildman–Crippen MR) is 59.6 cm³/mol. The lowest BCUT2D eigenvalue weighted by Gasteiger charge is -2.38. The zero-order chi connectivity index (χ0) is 10.7. The van der Waals surface area contributed by atoms with Crippen molar-refractivity contribution in [2.24, 2.45) is 0 Å². The SMILES string of the molecule is CNC(C)(C)CNC1(C)CCOCC1. The normalized spacial score (nSPS) is 22.3. The van der Waals surface area contributed by atoms with Gasteiger partial charge in [-0.2, -0.15) is 0 Å². The van der Waals surface area contributed by atoms with Crippen molar-refractivity contribution in [1.29, 1.82) is 0 Å². The van der Waals surface area contributed by atoms with Gasteiger partial charge < -0.3 is 15.4 Å². The first kappa shape index (κ1) is 12.0. The van der Waals surface area contributed by atoms with Crippen LogP contribution in [0.25, 0.3) is 0 Å². The highest BCUT2D eigenvalue weighted by Gasteiger charge is 2.28. The van der Waals surface area contributed by atoms with E-state index in [-0.39, 0.29) is 11.1 Å². The van der Waals surface area contributed by atoms with Crippen LogP contribution in [0.1, 0.15) is 33.6 Å². The summed E-state index contributed by atoms with van der Waals surface area (Å²) >= 11 is 0. The van der Waals surface area contributed by atoms with Crippen molar-refractivity contribution in [1.82, 2.24) is 10.6 Å². The van der Waals surface area contributed by atoms with Crippen molar-refractivity contribution in [2.75, 3.05) is 26.8 Å². The zero-order valence-electron chi connectivity index (χ0n) is 9.94. The summed E-state index contributed by atoms with van der Waals surface area (Å²) in [5.74, 6) is 0. The Bertz CT molecular complexity index is 174. The summed E-state index contributed by atoms with van der Waals surface area (Å²) in [5.41, 5.74) is 0.438. The quantitative estimate of drug-likeness (QED) is 0.714. The van der Waals surface area contributed by atoms with Crippen LogP contribution in [0.4, 0.5) is 0 Å². The molecule has 2 N–H and O–H groups in total. The second-order valence-electron chi connectivity index (χ2n) is 5.16. The maximum Gasteiger partial charge on any atom is 0.0483 e. The fourth-order valence-corrected chi connectivity index (χ4v) is 1.52. The van der Waals surface area contributed by atoms with Crippen LogP contribution in [-0.2, 0) is 4.74 Å². The Balaban J connectivity index is 2.35. The molecule has 1 aliphatic rings. The molecule has 3 heteroatoms. The van der Waals surface area contributed by atoms with E-state index in [4.69, 9.17) is 4.74 Å². The van der Waals surface area contributed by atoms with Gasteiger partial charge in [0.05, 0.1) is 0 Å². The number of rotatable bonds is 4. The minimum absolute atomic E-state index is 0.168. The maximum atomic E-state index is 5.37. The van der Waals surface area contributed by atoms with Crippen molar-refractivity contribution >= 4 is 0 Å². The summed E-state index contributed by atoms with van der Waals surface area (Å²) in [6.07, 6.45) is 2.24. The fraction of sp³-hybridized carbons (Fsp3) is 1.00. The molecule has 1 saturated heterocycles. The Morgan fingerprint density at radius 1 is 1.29 bits per heavy atom. The van der Waals surface area contributed by atoms with Gasteiger partial charge in [-0.15, -0.1) is 0 Å². The second-order valence-corrected chi connectivity index (χ2v) is 5.16. The molecule has 1 heterocycles. The van der Waals surface area contributed by atoms with Crippen LogP contribution in [0.2, 0.25) is 0 Å². The van der Waals surface area contributed by atoms with Gasteiger partial charge in [0.1, 0.15) is 0 Å². The minimum atomic E-state index is 0.168. The molecule has 1 rings (SSSR count). The van der Waals surface area contributed by atoms with Gasteiger partial charge in [0, 0.05) is 30.8 Å². The number of nitrogens with one attached hydrogen (secondary N) is 2. The molecule has 1 fully saturated rings.